The number of terminal acetylenes is 1. The summed E-state index contributed by atoms with van der Waals surface area (Å²) in [5.41, 5.74) is 2.66. The van der Waals surface area contributed by atoms with E-state index in [2.05, 4.69) is 29.4 Å². The number of benzene rings is 2. The number of rotatable bonds is 6. The van der Waals surface area contributed by atoms with Crippen molar-refractivity contribution in [3.63, 3.8) is 0 Å². The zero-order valence-corrected chi connectivity index (χ0v) is 15.5. The van der Waals surface area contributed by atoms with Gasteiger partial charge in [0.2, 0.25) is 0 Å². The molecule has 136 valence electrons. The van der Waals surface area contributed by atoms with Crippen LogP contribution >= 0.6 is 0 Å². The lowest BCUT2D eigenvalue weighted by atomic mass is 9.88. The van der Waals surface area contributed by atoms with Gasteiger partial charge in [0.15, 0.2) is 0 Å². The summed E-state index contributed by atoms with van der Waals surface area (Å²) in [5.74, 6) is 3.34. The Hall–Kier alpha value is -2.48. The minimum absolute atomic E-state index is 0.221. The molecule has 2 atom stereocenters. The summed E-state index contributed by atoms with van der Waals surface area (Å²) in [7, 11) is 1.69. The molecule has 1 heterocycles. The Morgan fingerprint density at radius 2 is 1.96 bits per heavy atom. The molecule has 2 unspecified atom stereocenters. The van der Waals surface area contributed by atoms with Gasteiger partial charge < -0.3 is 19.5 Å². The molecule has 0 bridgehead atoms. The molecule has 0 fully saturated rings. The monoisotopic (exact) mass is 351 g/mol. The van der Waals surface area contributed by atoms with Gasteiger partial charge in [-0.05, 0) is 37.6 Å². The molecule has 1 aliphatic rings. The van der Waals surface area contributed by atoms with E-state index < -0.39 is 5.60 Å². The molecule has 3 rings (SSSR count). The first-order valence-corrected chi connectivity index (χ1v) is 8.74. The van der Waals surface area contributed by atoms with Crippen molar-refractivity contribution < 1.29 is 14.2 Å². The van der Waals surface area contributed by atoms with Crippen molar-refractivity contribution in [2.24, 2.45) is 0 Å². The van der Waals surface area contributed by atoms with E-state index in [4.69, 9.17) is 20.6 Å². The van der Waals surface area contributed by atoms with Crippen LogP contribution in [0.2, 0.25) is 0 Å². The Kier molecular flexibility index (Phi) is 5.51. The first-order valence-electron chi connectivity index (χ1n) is 8.74. The molecule has 26 heavy (non-hydrogen) atoms. The number of anilines is 1. The van der Waals surface area contributed by atoms with Gasteiger partial charge in [0.25, 0.3) is 0 Å². The van der Waals surface area contributed by atoms with E-state index in [9.17, 15) is 0 Å². The standard InChI is InChI=1S/C22H25NO3/c1-5-13-25-21-20(24-4)18-14-17(11-12-19(18)26-22(21,2)3)23-15-16-9-7-6-8-10-16/h1,6-12,14,20-21,23H,13,15H2,2-4H3. The number of hydrogen-bond acceptors (Lipinski definition) is 4. The van der Waals surface area contributed by atoms with Crippen LogP contribution in [0.3, 0.4) is 0 Å². The van der Waals surface area contributed by atoms with Gasteiger partial charge in [-0.2, -0.15) is 0 Å². The highest BCUT2D eigenvalue weighted by molar-refractivity contribution is 5.53. The summed E-state index contributed by atoms with van der Waals surface area (Å²) in [6.07, 6.45) is 4.83. The largest absolute Gasteiger partial charge is 0.485 e. The third-order valence-corrected chi connectivity index (χ3v) is 4.59. The molecule has 0 amide bonds. The maximum atomic E-state index is 6.18. The molecular formula is C22H25NO3. The fourth-order valence-electron chi connectivity index (χ4n) is 3.32. The lowest BCUT2D eigenvalue weighted by Crippen LogP contribution is -2.50. The minimum Gasteiger partial charge on any atom is -0.485 e. The van der Waals surface area contributed by atoms with Gasteiger partial charge in [-0.15, -0.1) is 6.42 Å². The molecule has 0 aliphatic carbocycles. The van der Waals surface area contributed by atoms with Gasteiger partial charge in [-0.3, -0.25) is 0 Å². The molecule has 2 aromatic rings. The minimum atomic E-state index is -0.538. The van der Waals surface area contributed by atoms with Crippen molar-refractivity contribution >= 4 is 5.69 Å². The highest BCUT2D eigenvalue weighted by atomic mass is 16.6. The van der Waals surface area contributed by atoms with Crippen LogP contribution in [0.5, 0.6) is 5.75 Å². The third-order valence-electron chi connectivity index (χ3n) is 4.59. The third kappa shape index (κ3) is 3.85. The lowest BCUT2D eigenvalue weighted by Gasteiger charge is -2.43. The maximum Gasteiger partial charge on any atom is 0.132 e. The normalized spacial score (nSPS) is 20.5. The molecule has 1 aliphatic heterocycles. The Bertz CT molecular complexity index is 780. The zero-order valence-electron chi connectivity index (χ0n) is 15.5. The van der Waals surface area contributed by atoms with Gasteiger partial charge >= 0.3 is 0 Å². The molecule has 0 saturated heterocycles. The molecule has 0 aromatic heterocycles. The van der Waals surface area contributed by atoms with Gasteiger partial charge in [0, 0.05) is 24.9 Å². The zero-order chi connectivity index (χ0) is 18.6. The van der Waals surface area contributed by atoms with Crippen molar-refractivity contribution in [2.45, 2.75) is 38.2 Å². The molecule has 4 nitrogen and oxygen atoms in total. The van der Waals surface area contributed by atoms with E-state index in [1.165, 1.54) is 5.56 Å². The smallest absolute Gasteiger partial charge is 0.132 e. The summed E-state index contributed by atoms with van der Waals surface area (Å²) in [6, 6.07) is 16.3. The fourth-order valence-corrected chi connectivity index (χ4v) is 3.32. The van der Waals surface area contributed by atoms with Crippen molar-refractivity contribution in [3.8, 4) is 18.1 Å². The number of nitrogens with one attached hydrogen (secondary N) is 1. The molecule has 0 spiro atoms. The van der Waals surface area contributed by atoms with Crippen LogP contribution in [0, 0.1) is 12.3 Å². The maximum absolute atomic E-state index is 6.18. The van der Waals surface area contributed by atoms with Crippen LogP contribution < -0.4 is 10.1 Å². The second kappa shape index (κ2) is 7.82. The second-order valence-corrected chi connectivity index (χ2v) is 6.89. The van der Waals surface area contributed by atoms with E-state index in [0.29, 0.717) is 0 Å². The van der Waals surface area contributed by atoms with Crippen molar-refractivity contribution in [2.75, 3.05) is 19.0 Å². The van der Waals surface area contributed by atoms with Crippen LogP contribution in [-0.2, 0) is 16.0 Å². The molecule has 0 radical (unpaired) electrons. The topological polar surface area (TPSA) is 39.7 Å². The SMILES string of the molecule is C#CCOC1C(OC)c2cc(NCc3ccccc3)ccc2OC1(C)C. The van der Waals surface area contributed by atoms with Crippen LogP contribution in [0.1, 0.15) is 31.1 Å². The summed E-state index contributed by atoms with van der Waals surface area (Å²) in [5, 5.41) is 3.45. The predicted octanol–water partition coefficient (Wildman–Crippen LogP) is 4.18. The first-order chi connectivity index (χ1) is 12.5. The van der Waals surface area contributed by atoms with Gasteiger partial charge in [0.1, 0.15) is 30.2 Å². The highest BCUT2D eigenvalue weighted by Crippen LogP contribution is 2.43. The Morgan fingerprint density at radius 1 is 1.19 bits per heavy atom. The molecule has 1 N–H and O–H groups in total. The van der Waals surface area contributed by atoms with Crippen LogP contribution in [0.25, 0.3) is 0 Å². The van der Waals surface area contributed by atoms with Crippen LogP contribution in [0.4, 0.5) is 5.69 Å². The van der Waals surface area contributed by atoms with E-state index >= 15 is 0 Å². The predicted molar refractivity (Wildman–Crippen MR) is 103 cm³/mol. The number of methoxy groups -OCH3 is 1. The molecule has 4 heteroatoms. The number of ether oxygens (including phenoxy) is 3. The fraction of sp³-hybridized carbons (Fsp3) is 0.364. The van der Waals surface area contributed by atoms with Crippen LogP contribution in [0.15, 0.2) is 48.5 Å². The van der Waals surface area contributed by atoms with Crippen molar-refractivity contribution in [1.29, 1.82) is 0 Å². The van der Waals surface area contributed by atoms with Gasteiger partial charge in [-0.1, -0.05) is 36.3 Å². The van der Waals surface area contributed by atoms with Crippen molar-refractivity contribution in [3.05, 3.63) is 59.7 Å². The molecule has 0 saturated carbocycles. The first kappa shape index (κ1) is 18.3. The van der Waals surface area contributed by atoms with Gasteiger partial charge in [-0.25, -0.2) is 0 Å². The average molecular weight is 351 g/mol. The molecular weight excluding hydrogens is 326 g/mol. The van der Waals surface area contributed by atoms with E-state index in [1.807, 2.05) is 44.2 Å². The number of fused-ring (bicyclic) bond motifs is 1. The quantitative estimate of drug-likeness (QED) is 0.793. The van der Waals surface area contributed by atoms with E-state index in [0.717, 1.165) is 23.5 Å². The summed E-state index contributed by atoms with van der Waals surface area (Å²) < 4.78 is 17.8. The Labute approximate surface area is 155 Å². The number of hydrogen-bond donors (Lipinski definition) is 1. The Balaban J connectivity index is 1.84. The average Bonchev–Trinajstić information content (AvgIpc) is 2.64. The highest BCUT2D eigenvalue weighted by Gasteiger charge is 2.45. The molecule has 2 aromatic carbocycles. The lowest BCUT2D eigenvalue weighted by molar-refractivity contribution is -0.147. The van der Waals surface area contributed by atoms with E-state index in [1.54, 1.807) is 7.11 Å². The second-order valence-electron chi connectivity index (χ2n) is 6.89. The Morgan fingerprint density at radius 3 is 2.65 bits per heavy atom. The summed E-state index contributed by atoms with van der Waals surface area (Å²) in [4.78, 5) is 0. The summed E-state index contributed by atoms with van der Waals surface area (Å²) >= 11 is 0. The summed E-state index contributed by atoms with van der Waals surface area (Å²) in [6.45, 7) is 4.95. The van der Waals surface area contributed by atoms with Gasteiger partial charge in [0.05, 0.1) is 0 Å². The van der Waals surface area contributed by atoms with E-state index in [-0.39, 0.29) is 18.8 Å². The van der Waals surface area contributed by atoms with Crippen molar-refractivity contribution in [1.82, 2.24) is 0 Å². The van der Waals surface area contributed by atoms with Crippen LogP contribution in [-0.4, -0.2) is 25.4 Å².